The van der Waals surface area contributed by atoms with Crippen molar-refractivity contribution in [3.05, 3.63) is 46.0 Å². The van der Waals surface area contributed by atoms with E-state index < -0.39 is 4.92 Å². The van der Waals surface area contributed by atoms with Gasteiger partial charge in [-0.3, -0.25) is 14.9 Å². The molecular weight excluding hydrogens is 280 g/mol. The number of benzene rings is 1. The predicted octanol–water partition coefficient (Wildman–Crippen LogP) is 4.08. The summed E-state index contributed by atoms with van der Waals surface area (Å²) in [7, 11) is 0. The average molecular weight is 304 g/mol. The van der Waals surface area contributed by atoms with Crippen LogP contribution in [0.4, 0.5) is 5.69 Å². The van der Waals surface area contributed by atoms with E-state index in [-0.39, 0.29) is 17.6 Å². The molecular formula is C17H24N2O3. The monoisotopic (exact) mass is 304 g/mol. The van der Waals surface area contributed by atoms with E-state index in [9.17, 15) is 14.9 Å². The predicted molar refractivity (Wildman–Crippen MR) is 88.5 cm³/mol. The van der Waals surface area contributed by atoms with Gasteiger partial charge in [0.1, 0.15) is 0 Å². The molecule has 0 bridgehead atoms. The van der Waals surface area contributed by atoms with Gasteiger partial charge in [0.15, 0.2) is 0 Å². The number of nitrogens with one attached hydrogen (secondary N) is 1. The molecule has 1 aromatic carbocycles. The van der Waals surface area contributed by atoms with E-state index in [1.165, 1.54) is 37.5 Å². The Morgan fingerprint density at radius 2 is 2.05 bits per heavy atom. The van der Waals surface area contributed by atoms with E-state index in [2.05, 4.69) is 12.2 Å². The van der Waals surface area contributed by atoms with Crippen LogP contribution in [0.25, 0.3) is 6.08 Å². The minimum Gasteiger partial charge on any atom is -0.350 e. The summed E-state index contributed by atoms with van der Waals surface area (Å²) in [5.41, 5.74) is 0.428. The molecule has 1 amide bonds. The van der Waals surface area contributed by atoms with E-state index in [0.717, 1.165) is 12.8 Å². The second kappa shape index (κ2) is 9.71. The molecule has 0 aliphatic carbocycles. The van der Waals surface area contributed by atoms with Crippen LogP contribution in [-0.2, 0) is 4.79 Å². The van der Waals surface area contributed by atoms with Crippen LogP contribution >= 0.6 is 0 Å². The molecule has 5 heteroatoms. The second-order valence-corrected chi connectivity index (χ2v) is 5.41. The Balaban J connectivity index is 2.49. The first-order valence-electron chi connectivity index (χ1n) is 7.76. The lowest BCUT2D eigenvalue weighted by Crippen LogP contribution is -2.30. The number of amides is 1. The van der Waals surface area contributed by atoms with E-state index in [1.54, 1.807) is 18.2 Å². The minimum atomic E-state index is -0.450. The number of carbonyl (C=O) groups is 1. The number of hydrogen-bond acceptors (Lipinski definition) is 3. The van der Waals surface area contributed by atoms with Gasteiger partial charge in [0.2, 0.25) is 5.91 Å². The number of nitro groups is 1. The van der Waals surface area contributed by atoms with Crippen LogP contribution in [0.1, 0.15) is 51.5 Å². The summed E-state index contributed by atoms with van der Waals surface area (Å²) in [5, 5.41) is 13.8. The fourth-order valence-electron chi connectivity index (χ4n) is 2.20. The van der Waals surface area contributed by atoms with E-state index >= 15 is 0 Å². The molecule has 1 aromatic rings. The molecule has 0 fully saturated rings. The highest BCUT2D eigenvalue weighted by molar-refractivity contribution is 5.92. The number of carbonyl (C=O) groups excluding carboxylic acids is 1. The van der Waals surface area contributed by atoms with Crippen molar-refractivity contribution >= 4 is 17.7 Å². The lowest BCUT2D eigenvalue weighted by Gasteiger charge is -2.11. The Bertz CT molecular complexity index is 526. The summed E-state index contributed by atoms with van der Waals surface area (Å²) in [6, 6.07) is 6.47. The smallest absolute Gasteiger partial charge is 0.276 e. The molecule has 0 saturated carbocycles. The van der Waals surface area contributed by atoms with E-state index in [1.807, 2.05) is 6.92 Å². The van der Waals surface area contributed by atoms with Crippen molar-refractivity contribution < 1.29 is 9.72 Å². The number of nitro benzene ring substituents is 1. The maximum Gasteiger partial charge on any atom is 0.276 e. The zero-order valence-corrected chi connectivity index (χ0v) is 13.2. The topological polar surface area (TPSA) is 72.2 Å². The van der Waals surface area contributed by atoms with Gasteiger partial charge in [0, 0.05) is 18.2 Å². The molecule has 0 aliphatic rings. The highest BCUT2D eigenvalue weighted by atomic mass is 16.6. The van der Waals surface area contributed by atoms with Crippen molar-refractivity contribution in [2.45, 2.75) is 52.0 Å². The van der Waals surface area contributed by atoms with E-state index in [4.69, 9.17) is 0 Å². The summed E-state index contributed by atoms with van der Waals surface area (Å²) in [4.78, 5) is 22.3. The third-order valence-electron chi connectivity index (χ3n) is 3.43. The molecule has 0 aromatic heterocycles. The summed E-state index contributed by atoms with van der Waals surface area (Å²) >= 11 is 0. The third-order valence-corrected chi connectivity index (χ3v) is 3.43. The molecule has 0 radical (unpaired) electrons. The average Bonchev–Trinajstić information content (AvgIpc) is 2.49. The molecule has 5 nitrogen and oxygen atoms in total. The van der Waals surface area contributed by atoms with E-state index in [0.29, 0.717) is 5.56 Å². The Kier molecular flexibility index (Phi) is 7.89. The molecule has 0 spiro atoms. The van der Waals surface area contributed by atoms with Crippen molar-refractivity contribution in [3.8, 4) is 0 Å². The van der Waals surface area contributed by atoms with Gasteiger partial charge >= 0.3 is 0 Å². The fourth-order valence-corrected chi connectivity index (χ4v) is 2.20. The Morgan fingerprint density at radius 3 is 2.73 bits per heavy atom. The lowest BCUT2D eigenvalue weighted by molar-refractivity contribution is -0.385. The Morgan fingerprint density at radius 1 is 1.32 bits per heavy atom. The number of unbranched alkanes of at least 4 members (excludes halogenated alkanes) is 3. The summed E-state index contributed by atoms with van der Waals surface area (Å²) in [5.74, 6) is -0.221. The van der Waals surface area contributed by atoms with Gasteiger partial charge in [-0.25, -0.2) is 0 Å². The first kappa shape index (κ1) is 17.9. The molecule has 1 N–H and O–H groups in total. The first-order valence-corrected chi connectivity index (χ1v) is 7.76. The third kappa shape index (κ3) is 6.52. The minimum absolute atomic E-state index is 0.000774. The molecule has 1 atom stereocenters. The highest BCUT2D eigenvalue weighted by Gasteiger charge is 2.10. The fraction of sp³-hybridized carbons (Fsp3) is 0.471. The quantitative estimate of drug-likeness (QED) is 0.323. The first-order chi connectivity index (χ1) is 10.5. The Hall–Kier alpha value is -2.17. The number of hydrogen-bond donors (Lipinski definition) is 1. The van der Waals surface area contributed by atoms with Crippen molar-refractivity contribution in [2.75, 3.05) is 0 Å². The van der Waals surface area contributed by atoms with Crippen LogP contribution in [0.2, 0.25) is 0 Å². The van der Waals surface area contributed by atoms with Crippen molar-refractivity contribution in [1.29, 1.82) is 0 Å². The molecule has 0 heterocycles. The van der Waals surface area contributed by atoms with Gasteiger partial charge in [-0.2, -0.15) is 0 Å². The molecule has 120 valence electrons. The standard InChI is InChI=1S/C17H24N2O3/c1-3-4-5-6-9-14(2)18-17(20)13-12-15-10-7-8-11-16(15)19(21)22/h7-8,10-14H,3-6,9H2,1-2H3,(H,18,20). The van der Waals surface area contributed by atoms with Crippen molar-refractivity contribution in [1.82, 2.24) is 5.32 Å². The van der Waals surface area contributed by atoms with Crippen LogP contribution in [0, 0.1) is 10.1 Å². The van der Waals surface area contributed by atoms with Gasteiger partial charge in [-0.1, -0.05) is 44.7 Å². The zero-order chi connectivity index (χ0) is 16.4. The van der Waals surface area contributed by atoms with Gasteiger partial charge in [0.25, 0.3) is 5.69 Å². The Labute approximate surface area is 131 Å². The summed E-state index contributed by atoms with van der Waals surface area (Å²) in [6.07, 6.45) is 8.48. The zero-order valence-electron chi connectivity index (χ0n) is 13.2. The highest BCUT2D eigenvalue weighted by Crippen LogP contribution is 2.18. The number of nitrogens with zero attached hydrogens (tertiary/aromatic N) is 1. The van der Waals surface area contributed by atoms with Gasteiger partial charge < -0.3 is 5.32 Å². The maximum atomic E-state index is 11.8. The molecule has 0 saturated heterocycles. The van der Waals surface area contributed by atoms with Crippen LogP contribution < -0.4 is 5.32 Å². The van der Waals surface area contributed by atoms with Gasteiger partial charge in [-0.05, 0) is 25.5 Å². The summed E-state index contributed by atoms with van der Waals surface area (Å²) in [6.45, 7) is 4.14. The van der Waals surface area contributed by atoms with Gasteiger partial charge in [-0.15, -0.1) is 0 Å². The molecule has 1 rings (SSSR count). The lowest BCUT2D eigenvalue weighted by atomic mass is 10.1. The van der Waals surface area contributed by atoms with Crippen LogP contribution in [0.15, 0.2) is 30.3 Å². The van der Waals surface area contributed by atoms with Crippen LogP contribution in [0.5, 0.6) is 0 Å². The van der Waals surface area contributed by atoms with Crippen molar-refractivity contribution in [3.63, 3.8) is 0 Å². The van der Waals surface area contributed by atoms with Crippen molar-refractivity contribution in [2.24, 2.45) is 0 Å². The van der Waals surface area contributed by atoms with Crippen LogP contribution in [-0.4, -0.2) is 16.9 Å². The largest absolute Gasteiger partial charge is 0.350 e. The number of rotatable bonds is 9. The SMILES string of the molecule is CCCCCCC(C)NC(=O)C=Cc1ccccc1[N+](=O)[O-]. The normalized spacial score (nSPS) is 12.3. The molecule has 0 aliphatic heterocycles. The summed E-state index contributed by atoms with van der Waals surface area (Å²) < 4.78 is 0. The molecule has 1 unspecified atom stereocenters. The van der Waals surface area contributed by atoms with Crippen LogP contribution in [0.3, 0.4) is 0 Å². The molecule has 22 heavy (non-hydrogen) atoms. The van der Waals surface area contributed by atoms with Gasteiger partial charge in [0.05, 0.1) is 10.5 Å². The maximum absolute atomic E-state index is 11.8. The number of para-hydroxylation sites is 1. The second-order valence-electron chi connectivity index (χ2n) is 5.41.